The minimum absolute atomic E-state index is 0.215. The lowest BCUT2D eigenvalue weighted by Gasteiger charge is -2.58. The fourth-order valence-corrected chi connectivity index (χ4v) is 10.6. The molecule has 0 bridgehead atoms. The molecular weight excluding hydrogens is 468 g/mol. The van der Waals surface area contributed by atoms with Gasteiger partial charge in [-0.1, -0.05) is 96.1 Å². The van der Waals surface area contributed by atoms with Crippen LogP contribution in [0.2, 0.25) is 0 Å². The highest BCUT2D eigenvalue weighted by molar-refractivity contribution is 8.14. The molecule has 3 fully saturated rings. The Morgan fingerprint density at radius 2 is 1.77 bits per heavy atom. The van der Waals surface area contributed by atoms with Crippen molar-refractivity contribution in [2.75, 3.05) is 0 Å². The lowest BCUT2D eigenvalue weighted by atomic mass is 9.47. The highest BCUT2D eigenvalue weighted by Crippen LogP contribution is 2.67. The molecular formula is C32H53ClOS. The van der Waals surface area contributed by atoms with Gasteiger partial charge in [0.1, 0.15) is 5.38 Å². The Morgan fingerprint density at radius 1 is 1.00 bits per heavy atom. The van der Waals surface area contributed by atoms with Crippen molar-refractivity contribution in [2.45, 2.75) is 147 Å². The van der Waals surface area contributed by atoms with Crippen LogP contribution in [0.25, 0.3) is 0 Å². The maximum absolute atomic E-state index is 12.6. The summed E-state index contributed by atoms with van der Waals surface area (Å²) in [5, 5.41) is 0.358. The first-order valence-electron chi connectivity index (χ1n) is 15.4. The number of rotatable bonds is 11. The van der Waals surface area contributed by atoms with Gasteiger partial charge in [0.05, 0.1) is 0 Å². The molecule has 4 rings (SSSR count). The van der Waals surface area contributed by atoms with Gasteiger partial charge in [0, 0.05) is 5.25 Å². The zero-order chi connectivity index (χ0) is 25.1. The molecule has 35 heavy (non-hydrogen) atoms. The molecule has 0 N–H and O–H groups in total. The number of halogens is 1. The van der Waals surface area contributed by atoms with Gasteiger partial charge in [-0.15, -0.1) is 11.6 Å². The Kier molecular flexibility index (Phi) is 9.84. The van der Waals surface area contributed by atoms with Crippen LogP contribution in [0.4, 0.5) is 0 Å². The van der Waals surface area contributed by atoms with Gasteiger partial charge in [0.25, 0.3) is 0 Å². The smallest absolute Gasteiger partial charge is 0.207 e. The second-order valence-electron chi connectivity index (χ2n) is 13.2. The lowest BCUT2D eigenvalue weighted by molar-refractivity contribution is -0.110. The van der Waals surface area contributed by atoms with E-state index in [0.29, 0.717) is 16.1 Å². The first kappa shape index (κ1) is 28.1. The Hall–Kier alpha value is 0.0500. The van der Waals surface area contributed by atoms with Crippen LogP contribution in [-0.4, -0.2) is 15.7 Å². The fraction of sp³-hybridized carbons (Fsp3) is 0.906. The van der Waals surface area contributed by atoms with Crippen molar-refractivity contribution in [3.8, 4) is 0 Å². The van der Waals surface area contributed by atoms with Crippen LogP contribution in [-0.2, 0) is 4.79 Å². The molecule has 0 amide bonds. The Bertz CT molecular complexity index is 748. The Labute approximate surface area is 226 Å². The van der Waals surface area contributed by atoms with E-state index in [9.17, 15) is 4.79 Å². The van der Waals surface area contributed by atoms with Crippen molar-refractivity contribution >= 4 is 28.5 Å². The molecule has 0 aromatic heterocycles. The predicted octanol–water partition coefficient (Wildman–Crippen LogP) is 10.4. The average molecular weight is 521 g/mol. The molecule has 0 saturated heterocycles. The van der Waals surface area contributed by atoms with E-state index in [1.807, 2.05) is 0 Å². The van der Waals surface area contributed by atoms with Crippen LogP contribution in [0, 0.1) is 34.5 Å². The molecule has 4 aliphatic carbocycles. The Morgan fingerprint density at radius 3 is 2.54 bits per heavy atom. The predicted molar refractivity (Wildman–Crippen MR) is 154 cm³/mol. The first-order chi connectivity index (χ1) is 16.8. The number of fused-ring (bicyclic) bond motifs is 5. The van der Waals surface area contributed by atoms with Crippen LogP contribution in [0.15, 0.2) is 11.6 Å². The normalized spacial score (nSPS) is 39.3. The van der Waals surface area contributed by atoms with E-state index in [4.69, 9.17) is 11.6 Å². The second-order valence-corrected chi connectivity index (χ2v) is 15.0. The minimum atomic E-state index is -0.300. The van der Waals surface area contributed by atoms with Gasteiger partial charge in [-0.3, -0.25) is 4.79 Å². The van der Waals surface area contributed by atoms with Gasteiger partial charge in [-0.2, -0.15) is 0 Å². The van der Waals surface area contributed by atoms with Crippen molar-refractivity contribution in [3.05, 3.63) is 11.6 Å². The molecule has 3 saturated carbocycles. The van der Waals surface area contributed by atoms with Crippen molar-refractivity contribution in [2.24, 2.45) is 34.5 Å². The molecule has 0 heterocycles. The van der Waals surface area contributed by atoms with Gasteiger partial charge >= 0.3 is 0 Å². The molecule has 0 aromatic rings. The fourth-order valence-electron chi connectivity index (χ4n) is 9.09. The third kappa shape index (κ3) is 5.89. The minimum Gasteiger partial charge on any atom is -0.286 e. The quantitative estimate of drug-likeness (QED) is 0.153. The number of alkyl halides is 1. The zero-order valence-electron chi connectivity index (χ0n) is 23.3. The van der Waals surface area contributed by atoms with E-state index in [1.54, 1.807) is 17.3 Å². The maximum atomic E-state index is 12.6. The number of hydrogen-bond acceptors (Lipinski definition) is 2. The molecule has 0 aromatic carbocycles. The van der Waals surface area contributed by atoms with Gasteiger partial charge in [-0.25, -0.2) is 0 Å². The number of unbranched alkanes of at least 4 members (excludes halogenated alkanes) is 5. The molecule has 3 heteroatoms. The van der Waals surface area contributed by atoms with Crippen molar-refractivity contribution in [1.82, 2.24) is 0 Å². The molecule has 4 aliphatic rings. The van der Waals surface area contributed by atoms with Gasteiger partial charge in [-0.05, 0) is 98.7 Å². The summed E-state index contributed by atoms with van der Waals surface area (Å²) in [7, 11) is 0. The van der Waals surface area contributed by atoms with Crippen molar-refractivity contribution < 1.29 is 4.79 Å². The van der Waals surface area contributed by atoms with E-state index in [0.717, 1.165) is 42.9 Å². The molecule has 0 radical (unpaired) electrons. The van der Waals surface area contributed by atoms with Crippen molar-refractivity contribution in [3.63, 3.8) is 0 Å². The summed E-state index contributed by atoms with van der Waals surface area (Å²) >= 11 is 7.93. The summed E-state index contributed by atoms with van der Waals surface area (Å²) in [5.41, 5.74) is 2.67. The topological polar surface area (TPSA) is 17.1 Å². The van der Waals surface area contributed by atoms with Crippen LogP contribution in [0.1, 0.15) is 137 Å². The Balaban J connectivity index is 1.36. The molecule has 5 unspecified atom stereocenters. The summed E-state index contributed by atoms with van der Waals surface area (Å²) in [4.78, 5) is 12.6. The molecule has 1 nitrogen and oxygen atoms in total. The third-order valence-electron chi connectivity index (χ3n) is 11.2. The van der Waals surface area contributed by atoms with Crippen LogP contribution >= 0.6 is 23.4 Å². The standard InChI is InChI=1S/C32H53ClOS/c1-5-7-8-9-10-11-13-23-15-17-27-26-16-14-24-22-25(35-30(34)29(33)12-6-2)18-20-32(24,4)28(26)19-21-31(23,27)3/h14,23,25-29H,5-13,15-22H2,1-4H3/t23?,25-,26?,27?,28?,29?,31+,32-/m0/s1. The van der Waals surface area contributed by atoms with Crippen LogP contribution in [0.5, 0.6) is 0 Å². The average Bonchev–Trinajstić information content (AvgIpc) is 3.18. The maximum Gasteiger partial charge on any atom is 0.207 e. The summed E-state index contributed by atoms with van der Waals surface area (Å²) < 4.78 is 0. The third-order valence-corrected chi connectivity index (χ3v) is 13.0. The molecule has 8 atom stereocenters. The highest BCUT2D eigenvalue weighted by atomic mass is 35.5. The summed E-state index contributed by atoms with van der Waals surface area (Å²) in [6, 6.07) is 0. The van der Waals surface area contributed by atoms with Gasteiger partial charge in [0.2, 0.25) is 5.12 Å². The number of thioether (sulfide) groups is 1. The number of hydrogen-bond donors (Lipinski definition) is 0. The van der Waals surface area contributed by atoms with Gasteiger partial charge < -0.3 is 0 Å². The zero-order valence-corrected chi connectivity index (χ0v) is 24.8. The number of allylic oxidation sites excluding steroid dienone is 2. The van der Waals surface area contributed by atoms with E-state index >= 15 is 0 Å². The monoisotopic (exact) mass is 520 g/mol. The van der Waals surface area contributed by atoms with E-state index in [1.165, 1.54) is 89.9 Å². The summed E-state index contributed by atoms with van der Waals surface area (Å²) in [6.45, 7) is 9.72. The first-order valence-corrected chi connectivity index (χ1v) is 16.7. The van der Waals surface area contributed by atoms with Crippen molar-refractivity contribution in [1.29, 1.82) is 0 Å². The number of carbonyl (C=O) groups excluding carboxylic acids is 1. The summed E-state index contributed by atoms with van der Waals surface area (Å²) in [5.74, 6) is 3.69. The SMILES string of the molecule is CCCCCCCCC1CCC2C3CC=C4C[C@@H](SC(=O)C(Cl)CCC)CC[C@]4(C)C3CC[C@]12C. The molecule has 0 spiro atoms. The van der Waals surface area contributed by atoms with Gasteiger partial charge in [0.15, 0.2) is 0 Å². The summed E-state index contributed by atoms with van der Waals surface area (Å²) in [6.07, 6.45) is 25.3. The lowest BCUT2D eigenvalue weighted by Crippen LogP contribution is -2.50. The van der Waals surface area contributed by atoms with E-state index < -0.39 is 0 Å². The van der Waals surface area contributed by atoms with Crippen LogP contribution in [0.3, 0.4) is 0 Å². The second kappa shape index (κ2) is 12.3. The molecule has 200 valence electrons. The number of carbonyl (C=O) groups is 1. The largest absolute Gasteiger partial charge is 0.286 e. The van der Waals surface area contributed by atoms with E-state index in [2.05, 4.69) is 33.8 Å². The van der Waals surface area contributed by atoms with Crippen LogP contribution < -0.4 is 0 Å². The molecule has 0 aliphatic heterocycles. The van der Waals surface area contributed by atoms with E-state index in [-0.39, 0.29) is 10.5 Å². The highest BCUT2D eigenvalue weighted by Gasteiger charge is 2.58.